The van der Waals surface area contributed by atoms with Crippen molar-refractivity contribution in [2.45, 2.75) is 83.6 Å². The molecule has 2 atom stereocenters. The quantitative estimate of drug-likeness (QED) is 0.584. The van der Waals surface area contributed by atoms with Gasteiger partial charge in [-0.05, 0) is 61.4 Å². The van der Waals surface area contributed by atoms with Gasteiger partial charge < -0.3 is 9.73 Å². The second-order valence-electron chi connectivity index (χ2n) is 7.77. The van der Waals surface area contributed by atoms with Gasteiger partial charge in [0.1, 0.15) is 11.9 Å². The number of nitrogens with one attached hydrogen (secondary N) is 1. The van der Waals surface area contributed by atoms with Crippen molar-refractivity contribution >= 4 is 32.7 Å². The summed E-state index contributed by atoms with van der Waals surface area (Å²) in [5.41, 5.74) is 0.610. The fourth-order valence-corrected chi connectivity index (χ4v) is 4.98. The summed E-state index contributed by atoms with van der Waals surface area (Å²) < 4.78 is 19.6. The summed E-state index contributed by atoms with van der Waals surface area (Å²) in [7, 11) is 0. The molecule has 3 heterocycles. The monoisotopic (exact) mass is 464 g/mol. The molecular formula is C22H30BrFN4O. The number of furan rings is 1. The van der Waals surface area contributed by atoms with E-state index in [1.54, 1.807) is 19.2 Å². The first-order valence-corrected chi connectivity index (χ1v) is 11.5. The number of rotatable bonds is 5. The summed E-state index contributed by atoms with van der Waals surface area (Å²) in [6.07, 6.45) is 7.21. The van der Waals surface area contributed by atoms with E-state index < -0.39 is 6.17 Å². The summed E-state index contributed by atoms with van der Waals surface area (Å²) in [5.74, 6) is 1.08. The lowest BCUT2D eigenvalue weighted by atomic mass is 9.85. The van der Waals surface area contributed by atoms with Gasteiger partial charge in [-0.3, -0.25) is 4.90 Å². The van der Waals surface area contributed by atoms with Crippen LogP contribution in [0, 0.1) is 11.3 Å². The molecule has 0 bridgehead atoms. The largest absolute Gasteiger partial charge is 0.444 e. The van der Waals surface area contributed by atoms with Gasteiger partial charge in [0.2, 0.25) is 5.76 Å². The highest BCUT2D eigenvalue weighted by Crippen LogP contribution is 2.35. The minimum absolute atomic E-state index is 0.289. The molecule has 29 heavy (non-hydrogen) atoms. The number of nitrogens with zero attached hydrogens (tertiary/aromatic N) is 3. The Morgan fingerprint density at radius 3 is 2.66 bits per heavy atom. The number of fused-ring (bicyclic) bond motifs is 1. The molecule has 1 aliphatic carbocycles. The molecule has 158 valence electrons. The molecule has 4 rings (SSSR count). The molecule has 5 nitrogen and oxygen atoms in total. The lowest BCUT2D eigenvalue weighted by molar-refractivity contribution is 0.00735. The van der Waals surface area contributed by atoms with Gasteiger partial charge in [-0.2, -0.15) is 5.26 Å². The van der Waals surface area contributed by atoms with Crippen LogP contribution in [0.2, 0.25) is 0 Å². The highest BCUT2D eigenvalue weighted by molar-refractivity contribution is 9.10. The van der Waals surface area contributed by atoms with Gasteiger partial charge in [0.25, 0.3) is 0 Å². The minimum atomic E-state index is -0.710. The first kappa shape index (κ1) is 22.0. The minimum Gasteiger partial charge on any atom is -0.444 e. The molecule has 1 saturated heterocycles. The Balaban J connectivity index is 0.00000117. The SMILES string of the molecule is CC.C[C@@H](F)CC1CCN1C1CCC(Nc2ncc3oc(C#N)cc3c2Br)CC1. The Morgan fingerprint density at radius 2 is 2.07 bits per heavy atom. The van der Waals surface area contributed by atoms with Crippen LogP contribution in [0.4, 0.5) is 10.2 Å². The maximum Gasteiger partial charge on any atom is 0.204 e. The zero-order valence-corrected chi connectivity index (χ0v) is 19.0. The summed E-state index contributed by atoms with van der Waals surface area (Å²) in [6.45, 7) is 6.78. The Kier molecular flexibility index (Phi) is 7.53. The predicted molar refractivity (Wildman–Crippen MR) is 118 cm³/mol. The van der Waals surface area contributed by atoms with Gasteiger partial charge in [0.15, 0.2) is 5.58 Å². The Bertz CT molecular complexity index is 854. The van der Waals surface area contributed by atoms with Crippen LogP contribution >= 0.6 is 15.9 Å². The van der Waals surface area contributed by atoms with Gasteiger partial charge in [-0.25, -0.2) is 9.37 Å². The van der Waals surface area contributed by atoms with E-state index >= 15 is 0 Å². The molecule has 1 unspecified atom stereocenters. The molecular weight excluding hydrogens is 435 g/mol. The molecule has 0 amide bonds. The standard InChI is InChI=1S/C20H24BrFN4O.C2H6/c1-12(22)8-15-6-7-26(15)14-4-2-13(3-5-14)25-20-19(21)17-9-16(10-23)27-18(17)11-24-20;1-2/h9,11-15H,2-8H2,1H3,(H,24,25);1-2H3/t12-,13?,14?,15?;/m1./s1. The van der Waals surface area contributed by atoms with Gasteiger partial charge >= 0.3 is 0 Å². The first-order chi connectivity index (χ1) is 14.0. The average Bonchev–Trinajstić information content (AvgIpc) is 3.15. The third kappa shape index (κ3) is 4.92. The highest BCUT2D eigenvalue weighted by Gasteiger charge is 2.36. The smallest absolute Gasteiger partial charge is 0.204 e. The molecule has 0 aromatic carbocycles. The van der Waals surface area contributed by atoms with Crippen LogP contribution < -0.4 is 5.32 Å². The number of hydrogen-bond donors (Lipinski definition) is 1. The molecule has 7 heteroatoms. The number of alkyl halides is 1. The summed E-state index contributed by atoms with van der Waals surface area (Å²) >= 11 is 3.60. The molecule has 1 N–H and O–H groups in total. The van der Waals surface area contributed by atoms with Crippen molar-refractivity contribution in [1.29, 1.82) is 5.26 Å². The number of likely N-dealkylation sites (tertiary alicyclic amines) is 1. The van der Waals surface area contributed by atoms with Gasteiger partial charge in [-0.1, -0.05) is 13.8 Å². The highest BCUT2D eigenvalue weighted by atomic mass is 79.9. The lowest BCUT2D eigenvalue weighted by Crippen LogP contribution is -2.55. The number of pyridine rings is 1. The predicted octanol–water partition coefficient (Wildman–Crippen LogP) is 6.03. The van der Waals surface area contributed by atoms with Crippen LogP contribution in [-0.2, 0) is 0 Å². The molecule has 2 aromatic heterocycles. The molecule has 0 radical (unpaired) electrons. The van der Waals surface area contributed by atoms with Gasteiger partial charge in [-0.15, -0.1) is 0 Å². The van der Waals surface area contributed by atoms with E-state index in [1.165, 1.54) is 0 Å². The van der Waals surface area contributed by atoms with E-state index in [0.29, 0.717) is 30.1 Å². The van der Waals surface area contributed by atoms with E-state index in [-0.39, 0.29) is 5.76 Å². The molecule has 0 spiro atoms. The van der Waals surface area contributed by atoms with Crippen LogP contribution in [-0.4, -0.2) is 40.7 Å². The second-order valence-corrected chi connectivity index (χ2v) is 8.56. The topological polar surface area (TPSA) is 65.1 Å². The Hall–Kier alpha value is -1.65. The number of nitriles is 1. The van der Waals surface area contributed by atoms with Gasteiger partial charge in [0.05, 0.1) is 16.8 Å². The second kappa shape index (κ2) is 9.90. The Morgan fingerprint density at radius 1 is 1.34 bits per heavy atom. The van der Waals surface area contributed by atoms with Crippen LogP contribution in [0.25, 0.3) is 11.0 Å². The van der Waals surface area contributed by atoms with Crippen molar-refractivity contribution in [1.82, 2.24) is 9.88 Å². The van der Waals surface area contributed by atoms with E-state index in [1.807, 2.05) is 19.9 Å². The van der Waals surface area contributed by atoms with Crippen molar-refractivity contribution in [3.8, 4) is 6.07 Å². The summed E-state index contributed by atoms with van der Waals surface area (Å²) in [6, 6.07) is 5.16. The Labute approximate surface area is 180 Å². The van der Waals surface area contributed by atoms with E-state index in [0.717, 1.165) is 54.3 Å². The summed E-state index contributed by atoms with van der Waals surface area (Å²) in [4.78, 5) is 6.98. The third-order valence-electron chi connectivity index (χ3n) is 5.92. The number of halogens is 2. The van der Waals surface area contributed by atoms with Crippen molar-refractivity contribution in [2.24, 2.45) is 0 Å². The fraction of sp³-hybridized carbons (Fsp3) is 0.636. The van der Waals surface area contributed by atoms with Crippen molar-refractivity contribution in [3.63, 3.8) is 0 Å². The van der Waals surface area contributed by atoms with Crippen molar-refractivity contribution < 1.29 is 8.81 Å². The maximum atomic E-state index is 13.3. The van der Waals surface area contributed by atoms with Gasteiger partial charge in [0, 0.05) is 36.1 Å². The van der Waals surface area contributed by atoms with E-state index in [4.69, 9.17) is 9.68 Å². The number of anilines is 1. The van der Waals surface area contributed by atoms with Crippen LogP contribution in [0.5, 0.6) is 0 Å². The fourth-order valence-electron chi connectivity index (χ4n) is 4.45. The molecule has 2 aromatic rings. The number of aromatic nitrogens is 1. The number of hydrogen-bond acceptors (Lipinski definition) is 5. The van der Waals surface area contributed by atoms with Crippen LogP contribution in [0.1, 0.15) is 65.1 Å². The van der Waals surface area contributed by atoms with Crippen LogP contribution in [0.3, 0.4) is 0 Å². The summed E-state index contributed by atoms with van der Waals surface area (Å²) in [5, 5.41) is 13.4. The first-order valence-electron chi connectivity index (χ1n) is 10.7. The zero-order valence-electron chi connectivity index (χ0n) is 17.4. The molecule has 1 aliphatic heterocycles. The molecule has 2 aliphatic rings. The molecule has 1 saturated carbocycles. The lowest BCUT2D eigenvalue weighted by Gasteiger charge is -2.48. The average molecular weight is 465 g/mol. The zero-order chi connectivity index (χ0) is 21.0. The maximum absolute atomic E-state index is 13.3. The van der Waals surface area contributed by atoms with Crippen molar-refractivity contribution in [2.75, 3.05) is 11.9 Å². The van der Waals surface area contributed by atoms with E-state index in [9.17, 15) is 4.39 Å². The third-order valence-corrected chi connectivity index (χ3v) is 6.72. The normalized spacial score (nSPS) is 25.4. The molecule has 2 fully saturated rings. The van der Waals surface area contributed by atoms with Crippen LogP contribution in [0.15, 0.2) is 21.2 Å². The van der Waals surface area contributed by atoms with E-state index in [2.05, 4.69) is 31.1 Å². The van der Waals surface area contributed by atoms with Crippen molar-refractivity contribution in [3.05, 3.63) is 22.5 Å².